The fraction of sp³-hybridized carbons (Fsp3) is 0.650. The van der Waals surface area contributed by atoms with Gasteiger partial charge < -0.3 is 33.1 Å². The summed E-state index contributed by atoms with van der Waals surface area (Å²) in [6.45, 7) is 20.4. The van der Waals surface area contributed by atoms with Crippen molar-refractivity contribution in [3.05, 3.63) is 30.6 Å². The van der Waals surface area contributed by atoms with Crippen LogP contribution < -0.4 is 28.5 Å². The van der Waals surface area contributed by atoms with Crippen LogP contribution in [0.3, 0.4) is 0 Å². The molecule has 0 bridgehead atoms. The summed E-state index contributed by atoms with van der Waals surface area (Å²) in [6, 6.07) is 8.42. The molecule has 0 aliphatic rings. The Morgan fingerprint density at radius 1 is 0.960 bits per heavy atom. The van der Waals surface area contributed by atoms with E-state index in [1.165, 1.54) is 11.0 Å². The SMILES string of the molecule is CC(C)P(C(C)C)C(C)C.CCn1[c-][n+](CC)c2ccccc21.[Au+].[I-]. The molecule has 1 aromatic heterocycles. The Balaban J connectivity index is 0. The van der Waals surface area contributed by atoms with Crippen LogP contribution in [0.1, 0.15) is 55.4 Å². The smallest absolute Gasteiger partial charge is 1.00 e. The van der Waals surface area contributed by atoms with Crippen molar-refractivity contribution in [3.8, 4) is 0 Å². The third kappa shape index (κ3) is 8.01. The molecule has 0 atom stereocenters. The summed E-state index contributed by atoms with van der Waals surface area (Å²) in [5.41, 5.74) is 5.23. The molecular weight excluding hydrogens is 623 g/mol. The number of benzene rings is 1. The second-order valence-electron chi connectivity index (χ2n) is 6.81. The summed E-state index contributed by atoms with van der Waals surface area (Å²) in [7, 11) is 0.262. The summed E-state index contributed by atoms with van der Waals surface area (Å²) in [5, 5.41) is 0. The van der Waals surface area contributed by atoms with E-state index < -0.39 is 0 Å². The second kappa shape index (κ2) is 13.7. The summed E-state index contributed by atoms with van der Waals surface area (Å²) >= 11 is 0. The number of halogens is 1. The number of rotatable bonds is 5. The van der Waals surface area contributed by atoms with Crippen molar-refractivity contribution in [2.45, 2.75) is 85.5 Å². The molecule has 25 heavy (non-hydrogen) atoms. The quantitative estimate of drug-likeness (QED) is 0.154. The summed E-state index contributed by atoms with van der Waals surface area (Å²) in [5.74, 6) is 0. The molecule has 0 amide bonds. The first-order valence-corrected chi connectivity index (χ1v) is 10.6. The van der Waals surface area contributed by atoms with Gasteiger partial charge in [-0.25, -0.2) is 0 Å². The normalized spacial score (nSPS) is 10.7. The van der Waals surface area contributed by atoms with Crippen molar-refractivity contribution in [3.63, 3.8) is 0 Å². The minimum Gasteiger partial charge on any atom is -1.00 e. The Labute approximate surface area is 189 Å². The van der Waals surface area contributed by atoms with E-state index in [9.17, 15) is 0 Å². The molecule has 1 heterocycles. The topological polar surface area (TPSA) is 8.81 Å². The van der Waals surface area contributed by atoms with Crippen molar-refractivity contribution >= 4 is 19.0 Å². The molecule has 2 nitrogen and oxygen atoms in total. The van der Waals surface area contributed by atoms with Crippen LogP contribution >= 0.6 is 7.92 Å². The van der Waals surface area contributed by atoms with E-state index in [4.69, 9.17) is 0 Å². The van der Waals surface area contributed by atoms with Gasteiger partial charge in [0.1, 0.15) is 0 Å². The van der Waals surface area contributed by atoms with Crippen LogP contribution in [0, 0.1) is 6.33 Å². The Kier molecular flexibility index (Phi) is 15.3. The van der Waals surface area contributed by atoms with Gasteiger partial charge in [0.25, 0.3) is 0 Å². The van der Waals surface area contributed by atoms with Crippen molar-refractivity contribution in [1.82, 2.24) is 4.57 Å². The van der Waals surface area contributed by atoms with Crippen LogP contribution in [0.15, 0.2) is 24.3 Å². The fourth-order valence-electron chi connectivity index (χ4n) is 3.45. The Morgan fingerprint density at radius 2 is 1.44 bits per heavy atom. The minimum absolute atomic E-state index is 0. The number of fused-ring (bicyclic) bond motifs is 1. The maximum absolute atomic E-state index is 3.32. The van der Waals surface area contributed by atoms with Crippen molar-refractivity contribution in [2.75, 3.05) is 0 Å². The van der Waals surface area contributed by atoms with E-state index in [0.29, 0.717) is 0 Å². The maximum Gasteiger partial charge on any atom is 1.00 e. The van der Waals surface area contributed by atoms with Crippen LogP contribution in [0.4, 0.5) is 0 Å². The van der Waals surface area contributed by atoms with E-state index >= 15 is 0 Å². The van der Waals surface area contributed by atoms with Crippen molar-refractivity contribution < 1.29 is 50.9 Å². The van der Waals surface area contributed by atoms with Gasteiger partial charge in [-0.2, -0.15) is 0 Å². The van der Waals surface area contributed by atoms with Gasteiger partial charge in [0.2, 0.25) is 6.33 Å². The van der Waals surface area contributed by atoms with Gasteiger partial charge in [-0.1, -0.05) is 73.7 Å². The van der Waals surface area contributed by atoms with E-state index in [1.54, 1.807) is 0 Å². The van der Waals surface area contributed by atoms with Gasteiger partial charge in [0, 0.05) is 11.0 Å². The number of para-hydroxylation sites is 2. The zero-order valence-corrected chi connectivity index (χ0v) is 22.2. The number of nitrogens with zero attached hydrogens (tertiary/aromatic N) is 2. The Bertz CT molecular complexity index is 539. The molecule has 2 rings (SSSR count). The van der Waals surface area contributed by atoms with E-state index in [0.717, 1.165) is 30.1 Å². The van der Waals surface area contributed by atoms with Crippen molar-refractivity contribution in [1.29, 1.82) is 0 Å². The predicted octanol–water partition coefficient (Wildman–Crippen LogP) is 2.46. The molecule has 0 unspecified atom stereocenters. The number of aryl methyl sites for hydroxylation is 2. The number of hydrogen-bond donors (Lipinski definition) is 0. The van der Waals surface area contributed by atoms with Crippen molar-refractivity contribution in [2.24, 2.45) is 0 Å². The first-order valence-electron chi connectivity index (χ1n) is 9.01. The Hall–Kier alpha value is 0.590. The van der Waals surface area contributed by atoms with Crippen LogP contribution in [0.25, 0.3) is 11.0 Å². The standard InChI is InChI=1S/C11H14N2.C9H21P.Au.HI/c1-3-12-9-13(4-2)11-8-6-5-7-10(11)12;1-7(2)10(8(3)4)9(5)6;;/h5-8H,3-4H2,1-2H3;7-9H,1-6H3;;1H/q;;+1;/p-1. The van der Waals surface area contributed by atoms with Gasteiger partial charge in [-0.05, 0) is 30.8 Å². The molecule has 0 spiro atoms. The van der Waals surface area contributed by atoms with E-state index in [-0.39, 0.29) is 54.3 Å². The number of imidazole rings is 1. The van der Waals surface area contributed by atoms with E-state index in [1.807, 2.05) is 0 Å². The Morgan fingerprint density at radius 3 is 1.80 bits per heavy atom. The number of hydrogen-bond acceptors (Lipinski definition) is 0. The van der Waals surface area contributed by atoms with E-state index in [2.05, 4.69) is 95.1 Å². The van der Waals surface area contributed by atoms with Crippen LogP contribution in [0.2, 0.25) is 0 Å². The molecule has 5 heteroatoms. The third-order valence-electron chi connectivity index (χ3n) is 4.13. The zero-order chi connectivity index (χ0) is 17.6. The molecule has 1 aromatic carbocycles. The molecule has 2 aromatic rings. The molecule has 0 saturated heterocycles. The van der Waals surface area contributed by atoms with Crippen LogP contribution in [-0.2, 0) is 35.5 Å². The molecule has 0 aliphatic heterocycles. The van der Waals surface area contributed by atoms with Gasteiger partial charge >= 0.3 is 22.4 Å². The average Bonchev–Trinajstić information content (AvgIpc) is 2.84. The number of aromatic nitrogens is 2. The molecule has 0 aliphatic carbocycles. The average molecular weight is 658 g/mol. The van der Waals surface area contributed by atoms with Crippen LogP contribution in [-0.4, -0.2) is 21.5 Å². The van der Waals surface area contributed by atoms with Gasteiger partial charge in [0.15, 0.2) is 0 Å². The fourth-order valence-corrected chi connectivity index (χ4v) is 7.02. The zero-order valence-electron chi connectivity index (χ0n) is 17.0. The maximum atomic E-state index is 3.32. The summed E-state index contributed by atoms with van der Waals surface area (Å²) in [4.78, 5) is 0. The molecule has 0 fully saturated rings. The molecule has 148 valence electrons. The first kappa shape index (κ1) is 27.8. The molecule has 0 saturated carbocycles. The van der Waals surface area contributed by atoms with Gasteiger partial charge in [-0.3, -0.25) is 0 Å². The molecule has 0 radical (unpaired) electrons. The second-order valence-corrected chi connectivity index (χ2v) is 10.8. The predicted molar refractivity (Wildman–Crippen MR) is 105 cm³/mol. The largest absolute Gasteiger partial charge is 1.00 e. The minimum atomic E-state index is 0. The van der Waals surface area contributed by atoms with Gasteiger partial charge in [-0.15, -0.1) is 0 Å². The summed E-state index contributed by atoms with van der Waals surface area (Å²) < 4.78 is 4.30. The first-order chi connectivity index (χ1) is 10.8. The third-order valence-corrected chi connectivity index (χ3v) is 7.70. The summed E-state index contributed by atoms with van der Waals surface area (Å²) in [6.07, 6.45) is 3.32. The monoisotopic (exact) mass is 658 g/mol. The molecular formula is C20H35AuIN2P. The van der Waals surface area contributed by atoms with Gasteiger partial charge in [0.05, 0.1) is 13.1 Å². The van der Waals surface area contributed by atoms with Crippen LogP contribution in [0.5, 0.6) is 0 Å². The molecule has 0 N–H and O–H groups in total.